The molecular weight excluding hydrogens is 300 g/mol. The molecule has 0 saturated carbocycles. The second-order valence-corrected chi connectivity index (χ2v) is 12.1. The Balaban J connectivity index is 2.40. The van der Waals surface area contributed by atoms with Gasteiger partial charge in [0.2, 0.25) is 0 Å². The van der Waals surface area contributed by atoms with Crippen molar-refractivity contribution in [2.75, 3.05) is 0 Å². The Morgan fingerprint density at radius 3 is 2.13 bits per heavy atom. The molecule has 0 aliphatic carbocycles. The largest absolute Gasteiger partial charge is 0.422 e. The number of fused-ring (bicyclic) bond motifs is 5. The first-order valence-corrected chi connectivity index (χ1v) is 11.3. The number of hydrogen-bond acceptors (Lipinski definition) is 2. The molecule has 1 aromatic heterocycles. The quantitative estimate of drug-likeness (QED) is 0.291. The number of rotatable bonds is 1. The van der Waals surface area contributed by atoms with Gasteiger partial charge in [-0.1, -0.05) is 68.2 Å². The van der Waals surface area contributed by atoms with Crippen LogP contribution in [0.3, 0.4) is 0 Å². The molecule has 3 aromatic carbocycles. The molecule has 1 heterocycles. The number of hydrogen-bond donors (Lipinski definition) is 0. The van der Waals surface area contributed by atoms with E-state index in [2.05, 4.69) is 43.9 Å². The SMILES string of the molecule is C[Si](C)(C)c1cc2ccccc2c2c1oc(=O)c1ccccc12. The predicted octanol–water partition coefficient (Wildman–Crippen LogP) is 4.64. The maximum atomic E-state index is 12.5. The summed E-state index contributed by atoms with van der Waals surface area (Å²) in [7, 11) is -1.66. The highest BCUT2D eigenvalue weighted by atomic mass is 28.3. The molecular formula is C20H18O2Si. The van der Waals surface area contributed by atoms with Crippen LogP contribution in [0, 0.1) is 0 Å². The predicted molar refractivity (Wildman–Crippen MR) is 100 cm³/mol. The summed E-state index contributed by atoms with van der Waals surface area (Å²) in [6, 6.07) is 18.3. The average molecular weight is 318 g/mol. The summed E-state index contributed by atoms with van der Waals surface area (Å²) in [6.07, 6.45) is 0. The minimum atomic E-state index is -1.66. The first-order chi connectivity index (χ1) is 11.0. The van der Waals surface area contributed by atoms with E-state index in [9.17, 15) is 4.79 Å². The van der Waals surface area contributed by atoms with Crippen LogP contribution < -0.4 is 10.8 Å². The lowest BCUT2D eigenvalue weighted by Gasteiger charge is -2.20. The molecule has 0 aliphatic rings. The van der Waals surface area contributed by atoms with Gasteiger partial charge in [0, 0.05) is 10.8 Å². The van der Waals surface area contributed by atoms with E-state index in [1.165, 1.54) is 10.6 Å². The smallest absolute Gasteiger partial charge is 0.344 e. The summed E-state index contributed by atoms with van der Waals surface area (Å²) >= 11 is 0. The Labute approximate surface area is 135 Å². The highest BCUT2D eigenvalue weighted by Crippen LogP contribution is 2.30. The van der Waals surface area contributed by atoms with Crippen LogP contribution >= 0.6 is 0 Å². The van der Waals surface area contributed by atoms with Gasteiger partial charge in [-0.2, -0.15) is 0 Å². The minimum Gasteiger partial charge on any atom is -0.422 e. The van der Waals surface area contributed by atoms with Crippen LogP contribution in [0.25, 0.3) is 32.5 Å². The van der Waals surface area contributed by atoms with Gasteiger partial charge < -0.3 is 4.42 Å². The Hall–Kier alpha value is -2.39. The molecule has 0 amide bonds. The van der Waals surface area contributed by atoms with Crippen molar-refractivity contribution >= 4 is 45.8 Å². The van der Waals surface area contributed by atoms with Crippen molar-refractivity contribution in [3.05, 3.63) is 65.0 Å². The van der Waals surface area contributed by atoms with Crippen molar-refractivity contribution in [2.45, 2.75) is 19.6 Å². The fourth-order valence-corrected chi connectivity index (χ4v) is 4.73. The van der Waals surface area contributed by atoms with Crippen LogP contribution in [0.1, 0.15) is 0 Å². The second-order valence-electron chi connectivity index (χ2n) is 7.03. The highest BCUT2D eigenvalue weighted by Gasteiger charge is 2.24. The zero-order valence-corrected chi connectivity index (χ0v) is 14.5. The summed E-state index contributed by atoms with van der Waals surface area (Å²) in [5, 5.41) is 6.25. The average Bonchev–Trinajstić information content (AvgIpc) is 2.53. The lowest BCUT2D eigenvalue weighted by Crippen LogP contribution is -2.38. The van der Waals surface area contributed by atoms with E-state index in [0.717, 1.165) is 21.7 Å². The summed E-state index contributed by atoms with van der Waals surface area (Å²) in [6.45, 7) is 6.85. The van der Waals surface area contributed by atoms with Gasteiger partial charge in [-0.15, -0.1) is 0 Å². The zero-order chi connectivity index (χ0) is 16.2. The van der Waals surface area contributed by atoms with Crippen molar-refractivity contribution < 1.29 is 4.42 Å². The van der Waals surface area contributed by atoms with Crippen LogP contribution in [0.5, 0.6) is 0 Å². The van der Waals surface area contributed by atoms with Gasteiger partial charge >= 0.3 is 5.63 Å². The van der Waals surface area contributed by atoms with E-state index >= 15 is 0 Å². The zero-order valence-electron chi connectivity index (χ0n) is 13.5. The van der Waals surface area contributed by atoms with E-state index in [4.69, 9.17) is 4.42 Å². The van der Waals surface area contributed by atoms with Crippen molar-refractivity contribution in [3.63, 3.8) is 0 Å². The molecule has 23 heavy (non-hydrogen) atoms. The Bertz CT molecular complexity index is 1120. The van der Waals surface area contributed by atoms with E-state index in [1.54, 1.807) is 0 Å². The van der Waals surface area contributed by atoms with Gasteiger partial charge in [-0.25, -0.2) is 4.79 Å². The molecule has 0 radical (unpaired) electrons. The number of benzene rings is 3. The third-order valence-corrected chi connectivity index (χ3v) is 6.41. The maximum Gasteiger partial charge on any atom is 0.344 e. The van der Waals surface area contributed by atoms with Gasteiger partial charge in [0.15, 0.2) is 0 Å². The normalized spacial score (nSPS) is 12.3. The van der Waals surface area contributed by atoms with Crippen molar-refractivity contribution in [1.82, 2.24) is 0 Å². The summed E-state index contributed by atoms with van der Waals surface area (Å²) in [5.74, 6) is 0. The van der Waals surface area contributed by atoms with Crippen LogP contribution in [0.4, 0.5) is 0 Å². The molecule has 0 unspecified atom stereocenters. The summed E-state index contributed by atoms with van der Waals surface area (Å²) in [4.78, 5) is 12.5. The van der Waals surface area contributed by atoms with Gasteiger partial charge in [0.1, 0.15) is 5.58 Å². The third kappa shape index (κ3) is 2.12. The molecule has 0 atom stereocenters. The minimum absolute atomic E-state index is 0.247. The maximum absolute atomic E-state index is 12.5. The molecule has 4 aromatic rings. The molecule has 0 spiro atoms. The monoisotopic (exact) mass is 318 g/mol. The third-order valence-electron chi connectivity index (χ3n) is 4.42. The molecule has 3 heteroatoms. The molecule has 0 N–H and O–H groups in total. The topological polar surface area (TPSA) is 30.2 Å². The van der Waals surface area contributed by atoms with E-state index in [1.807, 2.05) is 30.3 Å². The molecule has 0 aliphatic heterocycles. The Morgan fingerprint density at radius 1 is 0.826 bits per heavy atom. The van der Waals surface area contributed by atoms with Crippen molar-refractivity contribution in [3.8, 4) is 0 Å². The van der Waals surface area contributed by atoms with Gasteiger partial charge in [-0.3, -0.25) is 0 Å². The summed E-state index contributed by atoms with van der Waals surface area (Å²) in [5.41, 5.74) is 0.523. The lowest BCUT2D eigenvalue weighted by molar-refractivity contribution is 0.572. The van der Waals surface area contributed by atoms with Gasteiger partial charge in [0.25, 0.3) is 0 Å². The molecule has 0 fully saturated rings. The van der Waals surface area contributed by atoms with E-state index < -0.39 is 8.07 Å². The van der Waals surface area contributed by atoms with Crippen LogP contribution in [-0.2, 0) is 0 Å². The van der Waals surface area contributed by atoms with Crippen LogP contribution in [0.2, 0.25) is 19.6 Å². The fraction of sp³-hybridized carbons (Fsp3) is 0.150. The Kier molecular flexibility index (Phi) is 2.97. The van der Waals surface area contributed by atoms with E-state index in [-0.39, 0.29) is 5.63 Å². The van der Waals surface area contributed by atoms with Gasteiger partial charge in [-0.05, 0) is 22.0 Å². The Morgan fingerprint density at radius 2 is 1.43 bits per heavy atom. The first kappa shape index (κ1) is 14.2. The van der Waals surface area contributed by atoms with Crippen LogP contribution in [-0.4, -0.2) is 8.07 Å². The first-order valence-electron chi connectivity index (χ1n) is 7.84. The molecule has 114 valence electrons. The van der Waals surface area contributed by atoms with Gasteiger partial charge in [0.05, 0.1) is 13.5 Å². The molecule has 4 rings (SSSR count). The molecule has 0 saturated heterocycles. The summed E-state index contributed by atoms with van der Waals surface area (Å²) < 4.78 is 5.82. The van der Waals surface area contributed by atoms with Crippen molar-refractivity contribution in [1.29, 1.82) is 0 Å². The second kappa shape index (κ2) is 4.80. The standard InChI is InChI=1S/C20H18O2Si/c1-23(2,3)17-12-13-8-4-5-9-14(13)18-15-10-6-7-11-16(15)20(21)22-19(17)18/h4-12H,1-3H3. The molecule has 2 nitrogen and oxygen atoms in total. The van der Waals surface area contributed by atoms with E-state index in [0.29, 0.717) is 5.39 Å². The molecule has 0 bridgehead atoms. The lowest BCUT2D eigenvalue weighted by atomic mass is 10.0. The highest BCUT2D eigenvalue weighted by molar-refractivity contribution is 6.90. The fourth-order valence-electron chi connectivity index (χ4n) is 3.29. The van der Waals surface area contributed by atoms with Crippen molar-refractivity contribution in [2.24, 2.45) is 0 Å². The van der Waals surface area contributed by atoms with Crippen LogP contribution in [0.15, 0.2) is 63.8 Å².